The first-order chi connectivity index (χ1) is 29.1. The number of carboxylic acid groups (broad SMARTS) is 2. The van der Waals surface area contributed by atoms with Crippen molar-refractivity contribution in [2.24, 2.45) is 0 Å². The summed E-state index contributed by atoms with van der Waals surface area (Å²) in [5.74, 6) is -5.26. The molecule has 2 aromatic rings. The number of unbranched alkanes of at least 4 members (excludes halogenated alkanes) is 4. The second-order valence-electron chi connectivity index (χ2n) is 14.8. The first-order valence-corrected chi connectivity index (χ1v) is 22.3. The number of hydrogen-bond donors (Lipinski definition) is 4. The number of amides is 6. The molecule has 2 fully saturated rings. The molecule has 324 valence electrons. The van der Waals surface area contributed by atoms with Gasteiger partial charge in [-0.05, 0) is 24.0 Å². The molecular weight excluding hydrogens is 872 g/mol. The van der Waals surface area contributed by atoms with Crippen molar-refractivity contribution in [2.75, 3.05) is 25.6 Å². The van der Waals surface area contributed by atoms with Crippen molar-refractivity contribution in [3.63, 3.8) is 0 Å². The molecule has 0 aromatic heterocycles. The van der Waals surface area contributed by atoms with Crippen molar-refractivity contribution < 1.29 is 48.6 Å². The highest BCUT2D eigenvalue weighted by atomic mass is 35.5. The predicted octanol–water partition coefficient (Wildman–Crippen LogP) is 3.99. The number of thioether (sulfide) groups is 2. The van der Waals surface area contributed by atoms with E-state index in [0.29, 0.717) is 43.2 Å². The number of hydrogen-bond acceptors (Lipinski definition) is 10. The zero-order chi connectivity index (χ0) is 44.1. The Morgan fingerprint density at radius 1 is 0.639 bits per heavy atom. The van der Waals surface area contributed by atoms with Crippen molar-refractivity contribution in [3.8, 4) is 0 Å². The molecule has 4 aliphatic heterocycles. The average molecular weight is 916 g/mol. The molecule has 4 heterocycles. The molecule has 0 radical (unpaired) electrons. The molecule has 0 spiro atoms. The molecule has 0 bridgehead atoms. The molecule has 4 aliphatic rings. The topological polar surface area (TPSA) is 214 Å². The Bertz CT molecular complexity index is 2010. The lowest BCUT2D eigenvalue weighted by Gasteiger charge is -2.49. The van der Waals surface area contributed by atoms with E-state index in [4.69, 9.17) is 23.2 Å². The minimum atomic E-state index is -1.33. The molecule has 16 nitrogen and oxygen atoms in total. The van der Waals surface area contributed by atoms with Gasteiger partial charge in [-0.2, -0.15) is 0 Å². The quantitative estimate of drug-likeness (QED) is 0.124. The van der Waals surface area contributed by atoms with E-state index in [0.717, 1.165) is 9.80 Å². The van der Waals surface area contributed by atoms with E-state index in [9.17, 15) is 48.6 Å². The summed E-state index contributed by atoms with van der Waals surface area (Å²) in [5.41, 5.74) is 0.478. The number of nitrogens with zero attached hydrogens (tertiary/aromatic N) is 4. The Kier molecular flexibility index (Phi) is 14.7. The number of β-lactam (4-membered cyclic amide) rings is 2. The maximum Gasteiger partial charge on any atom is 0.353 e. The molecule has 20 heteroatoms. The molecule has 6 atom stereocenters. The largest absolute Gasteiger partial charge is 0.477 e. The summed E-state index contributed by atoms with van der Waals surface area (Å²) < 4.78 is 0. The molecule has 6 rings (SSSR count). The normalized spacial score (nSPS) is 21.6. The van der Waals surface area contributed by atoms with Crippen molar-refractivity contribution in [3.05, 3.63) is 93.2 Å². The molecule has 0 saturated carbocycles. The highest BCUT2D eigenvalue weighted by Gasteiger charge is 2.56. The molecule has 61 heavy (non-hydrogen) atoms. The highest BCUT2D eigenvalue weighted by molar-refractivity contribution is 8.00. The van der Waals surface area contributed by atoms with Gasteiger partial charge in [0.1, 0.15) is 46.3 Å². The van der Waals surface area contributed by atoms with Gasteiger partial charge in [0.05, 0.1) is 10.1 Å². The van der Waals surface area contributed by atoms with Crippen molar-refractivity contribution >= 4 is 94.1 Å². The molecule has 2 aromatic carbocycles. The third kappa shape index (κ3) is 9.56. The minimum Gasteiger partial charge on any atom is -0.477 e. The fourth-order valence-electron chi connectivity index (χ4n) is 7.72. The Morgan fingerprint density at radius 3 is 1.33 bits per heavy atom. The van der Waals surface area contributed by atoms with Crippen LogP contribution in [0.1, 0.15) is 68.2 Å². The Labute approximate surface area is 370 Å². The van der Waals surface area contributed by atoms with Crippen LogP contribution >= 0.6 is 46.7 Å². The van der Waals surface area contributed by atoms with Crippen molar-refractivity contribution in [1.82, 2.24) is 30.2 Å². The number of rotatable bonds is 18. The summed E-state index contributed by atoms with van der Waals surface area (Å²) in [5, 5.41) is 23.4. The monoisotopic (exact) mass is 914 g/mol. The molecule has 6 amide bonds. The van der Waals surface area contributed by atoms with Crippen LogP contribution in [0.25, 0.3) is 0 Å². The standard InChI is InChI=1S/C41H44Cl2N6O10S2/c1-46(30(22-14-8-6-9-15-22)34(52)44-28-36(54)48-32(40(56)57)24(42)20-60-38(28)48)26(50)18-12-4-3-5-13-19-27(51)47(2)31(23-16-10-7-11-17-23)35(53)45-29-37(55)49-33(41(58)59)25(43)21-61-39(29)49/h6-11,14-17,28-31,38-39H,3-5,12-13,18-21H2,1-2H3,(H,44,52)(H,45,53)(H,56,57)(H,58,59)/t28-,29?,30-,31?,38?,39?/m0/s1. The Morgan fingerprint density at radius 2 is 0.984 bits per heavy atom. The van der Waals surface area contributed by atoms with Crippen molar-refractivity contribution in [2.45, 2.75) is 79.9 Å². The van der Waals surface area contributed by atoms with Crippen molar-refractivity contribution in [1.29, 1.82) is 0 Å². The van der Waals surface area contributed by atoms with Crippen LogP contribution in [0.2, 0.25) is 0 Å². The minimum absolute atomic E-state index is 0.0424. The summed E-state index contributed by atoms with van der Waals surface area (Å²) in [7, 11) is 3.05. The van der Waals surface area contributed by atoms with E-state index in [1.54, 1.807) is 60.7 Å². The summed E-state index contributed by atoms with van der Waals surface area (Å²) in [6, 6.07) is 13.2. The number of carbonyl (C=O) groups is 8. The summed E-state index contributed by atoms with van der Waals surface area (Å²) in [6.45, 7) is 0. The highest BCUT2D eigenvalue weighted by Crippen LogP contribution is 2.43. The van der Waals surface area contributed by atoms with Gasteiger partial charge in [-0.1, -0.05) is 103 Å². The smallest absolute Gasteiger partial charge is 0.353 e. The van der Waals surface area contributed by atoms with Crippen LogP contribution in [0, 0.1) is 0 Å². The maximum absolute atomic E-state index is 13.7. The number of carbonyl (C=O) groups excluding carboxylic acids is 6. The van der Waals surface area contributed by atoms with Crippen LogP contribution in [0.5, 0.6) is 0 Å². The molecule has 4 unspecified atom stereocenters. The van der Waals surface area contributed by atoms with E-state index < -0.39 is 70.5 Å². The zero-order valence-corrected chi connectivity index (χ0v) is 36.3. The summed E-state index contributed by atoms with van der Waals surface area (Å²) in [4.78, 5) is 109. The fourth-order valence-corrected chi connectivity index (χ4v) is 10.8. The van der Waals surface area contributed by atoms with Gasteiger partial charge in [-0.15, -0.1) is 23.5 Å². The zero-order valence-electron chi connectivity index (χ0n) is 33.1. The third-order valence-corrected chi connectivity index (χ3v) is 14.4. The number of aliphatic carboxylic acids is 2. The molecular formula is C41H44Cl2N6O10S2. The molecule has 2 saturated heterocycles. The van der Waals surface area contributed by atoms with Crippen LogP contribution in [-0.2, 0) is 38.4 Å². The lowest BCUT2D eigenvalue weighted by atomic mass is 10.0. The van der Waals surface area contributed by atoms with Gasteiger partial charge in [-0.25, -0.2) is 9.59 Å². The van der Waals surface area contributed by atoms with Crippen LogP contribution in [0.3, 0.4) is 0 Å². The number of halogens is 2. The first-order valence-electron chi connectivity index (χ1n) is 19.5. The number of fused-ring (bicyclic) bond motifs is 2. The van der Waals surface area contributed by atoms with Gasteiger partial charge in [-0.3, -0.25) is 38.6 Å². The van der Waals surface area contributed by atoms with Gasteiger partial charge in [0.2, 0.25) is 23.6 Å². The third-order valence-electron chi connectivity index (χ3n) is 10.9. The summed E-state index contributed by atoms with van der Waals surface area (Å²) >= 11 is 14.7. The summed E-state index contributed by atoms with van der Waals surface area (Å²) in [6.07, 6.45) is 3.37. The van der Waals surface area contributed by atoms with E-state index in [-0.39, 0.29) is 57.6 Å². The number of carboxylic acids is 2. The average Bonchev–Trinajstić information content (AvgIpc) is 3.24. The van der Waals surface area contributed by atoms with Crippen LogP contribution in [-0.4, -0.2) is 126 Å². The van der Waals surface area contributed by atoms with Gasteiger partial charge in [0.25, 0.3) is 11.8 Å². The van der Waals surface area contributed by atoms with Crippen LogP contribution < -0.4 is 10.6 Å². The molecule has 0 aliphatic carbocycles. The second-order valence-corrected chi connectivity index (χ2v) is 17.9. The number of benzene rings is 2. The van der Waals surface area contributed by atoms with Crippen LogP contribution in [0.4, 0.5) is 0 Å². The Balaban J connectivity index is 0.969. The second kappa shape index (κ2) is 19.8. The lowest BCUT2D eigenvalue weighted by molar-refractivity contribution is -0.151. The lowest BCUT2D eigenvalue weighted by Crippen LogP contribution is -2.71. The maximum atomic E-state index is 13.7. The first kappa shape index (κ1) is 45.5. The molecule has 4 N–H and O–H groups in total. The van der Waals surface area contributed by atoms with Gasteiger partial charge < -0.3 is 30.6 Å². The SMILES string of the molecule is CN(C(=O)CCCCCCCC(=O)N(C)[C@H](C(=O)N[C@H]1C(=O)N2C(C(=O)O)=C(Cl)CSC12)c1ccccc1)C(C(=O)NC1C(=O)N2C(C(=O)O)=C(Cl)CSC12)c1ccccc1. The van der Waals surface area contributed by atoms with Crippen LogP contribution in [0.15, 0.2) is 82.1 Å². The predicted molar refractivity (Wildman–Crippen MR) is 227 cm³/mol. The van der Waals surface area contributed by atoms with Gasteiger partial charge >= 0.3 is 11.9 Å². The number of likely N-dealkylation sites (N-methyl/N-ethyl adjacent to an activating group) is 2. The van der Waals surface area contributed by atoms with E-state index >= 15 is 0 Å². The van der Waals surface area contributed by atoms with Gasteiger partial charge in [0.15, 0.2) is 0 Å². The van der Waals surface area contributed by atoms with Gasteiger partial charge in [0, 0.05) is 38.4 Å². The van der Waals surface area contributed by atoms with E-state index in [1.165, 1.54) is 47.4 Å². The fraction of sp³-hybridized carbons (Fsp3) is 0.415. The number of nitrogens with one attached hydrogen (secondary N) is 2. The Hall–Kier alpha value is -5.04. The van der Waals surface area contributed by atoms with E-state index in [1.807, 2.05) is 0 Å². The van der Waals surface area contributed by atoms with E-state index in [2.05, 4.69) is 10.6 Å².